The lowest BCUT2D eigenvalue weighted by Crippen LogP contribution is -2.36. The lowest BCUT2D eigenvalue weighted by molar-refractivity contribution is 0.201. The summed E-state index contributed by atoms with van der Waals surface area (Å²) >= 11 is 4.87. The summed E-state index contributed by atoms with van der Waals surface area (Å²) < 4.78 is 1.24. The van der Waals surface area contributed by atoms with Gasteiger partial charge < -0.3 is 4.90 Å². The molecule has 1 aromatic carbocycles. The van der Waals surface area contributed by atoms with Crippen molar-refractivity contribution in [2.45, 2.75) is 43.5 Å². The fourth-order valence-electron chi connectivity index (χ4n) is 3.23. The summed E-state index contributed by atoms with van der Waals surface area (Å²) in [5.41, 5.74) is 2.40. The second-order valence-corrected chi connectivity index (χ2v) is 10.2. The van der Waals surface area contributed by atoms with E-state index in [-0.39, 0.29) is 17.3 Å². The van der Waals surface area contributed by atoms with Gasteiger partial charge in [0, 0.05) is 22.2 Å². The molecule has 3 heterocycles. The molecule has 1 amide bonds. The molecule has 3 nitrogen and oxygen atoms in total. The predicted molar refractivity (Wildman–Crippen MR) is 115 cm³/mol. The topological polar surface area (TPSA) is 32.7 Å². The number of thiophene rings is 1. The molecule has 2 aromatic rings. The molecule has 1 fully saturated rings. The van der Waals surface area contributed by atoms with Gasteiger partial charge in [-0.2, -0.15) is 0 Å². The van der Waals surface area contributed by atoms with Crippen molar-refractivity contribution in [1.82, 2.24) is 4.90 Å². The lowest BCUT2D eigenvalue weighted by atomic mass is 10.2. The van der Waals surface area contributed by atoms with Gasteiger partial charge in [-0.1, -0.05) is 30.0 Å². The minimum absolute atomic E-state index is 0.152. The molecule has 26 heavy (non-hydrogen) atoms. The van der Waals surface area contributed by atoms with E-state index in [4.69, 9.17) is 4.99 Å². The molecule has 2 aliphatic rings. The van der Waals surface area contributed by atoms with E-state index in [1.807, 2.05) is 11.0 Å². The molecular formula is C20H20N2OS3. The van der Waals surface area contributed by atoms with Crippen LogP contribution in [0.15, 0.2) is 50.5 Å². The average Bonchev–Trinajstić information content (AvgIpc) is 3.26. The first-order valence-electron chi connectivity index (χ1n) is 8.66. The lowest BCUT2D eigenvalue weighted by Gasteiger charge is -2.24. The fraction of sp³-hybridized carbons (Fsp3) is 0.300. The molecule has 0 bridgehead atoms. The van der Waals surface area contributed by atoms with Crippen LogP contribution in [0.4, 0.5) is 10.5 Å². The van der Waals surface area contributed by atoms with E-state index in [9.17, 15) is 4.79 Å². The highest BCUT2D eigenvalue weighted by atomic mass is 32.2. The van der Waals surface area contributed by atoms with E-state index in [2.05, 4.69) is 57.2 Å². The molecule has 134 valence electrons. The molecule has 1 saturated heterocycles. The molecule has 4 rings (SSSR count). The van der Waals surface area contributed by atoms with E-state index in [1.54, 1.807) is 23.1 Å². The summed E-state index contributed by atoms with van der Waals surface area (Å²) in [5.74, 6) is 0. The first-order valence-corrected chi connectivity index (χ1v) is 11.1. The quantitative estimate of drug-likeness (QED) is 0.595. The van der Waals surface area contributed by atoms with E-state index in [0.29, 0.717) is 0 Å². The minimum Gasteiger partial charge on any atom is -0.324 e. The number of amides is 1. The number of benzene rings is 1. The Morgan fingerprint density at radius 1 is 1.27 bits per heavy atom. The van der Waals surface area contributed by atoms with Crippen LogP contribution in [-0.4, -0.2) is 27.3 Å². The molecule has 0 spiro atoms. The Bertz CT molecular complexity index is 913. The molecule has 6 heteroatoms. The third-order valence-corrected chi connectivity index (χ3v) is 7.70. The van der Waals surface area contributed by atoms with Crippen molar-refractivity contribution in [2.75, 3.05) is 0 Å². The van der Waals surface area contributed by atoms with Crippen LogP contribution in [0.25, 0.3) is 6.08 Å². The number of hydrogen-bond acceptors (Lipinski definition) is 5. The number of carbonyl (C=O) groups excluding carboxylic acids is 1. The molecule has 0 radical (unpaired) electrons. The number of aliphatic imine (C=N–C) groups is 1. The van der Waals surface area contributed by atoms with E-state index in [1.165, 1.54) is 26.4 Å². The molecule has 0 saturated carbocycles. The summed E-state index contributed by atoms with van der Waals surface area (Å²) in [7, 11) is 0. The zero-order chi connectivity index (χ0) is 18.3. The van der Waals surface area contributed by atoms with Crippen LogP contribution in [-0.2, 0) is 6.42 Å². The second-order valence-electron chi connectivity index (χ2n) is 6.66. The number of hydrogen-bond donors (Lipinski definition) is 0. The van der Waals surface area contributed by atoms with Crippen LogP contribution in [0, 0.1) is 0 Å². The van der Waals surface area contributed by atoms with Crippen molar-refractivity contribution in [3.05, 3.63) is 51.7 Å². The van der Waals surface area contributed by atoms with E-state index in [0.717, 1.165) is 22.1 Å². The van der Waals surface area contributed by atoms with Crippen molar-refractivity contribution in [2.24, 2.45) is 4.99 Å². The first-order chi connectivity index (χ1) is 12.5. The zero-order valence-corrected chi connectivity index (χ0v) is 17.4. The van der Waals surface area contributed by atoms with Gasteiger partial charge >= 0.3 is 0 Å². The third-order valence-electron chi connectivity index (χ3n) is 4.48. The summed E-state index contributed by atoms with van der Waals surface area (Å²) in [6.45, 7) is 6.24. The second kappa shape index (κ2) is 7.25. The van der Waals surface area contributed by atoms with E-state index < -0.39 is 0 Å². The molecule has 0 N–H and O–H groups in total. The summed E-state index contributed by atoms with van der Waals surface area (Å²) in [5, 5.41) is 1.31. The third kappa shape index (κ3) is 3.50. The van der Waals surface area contributed by atoms with Gasteiger partial charge in [-0.25, -0.2) is 4.99 Å². The van der Waals surface area contributed by atoms with Gasteiger partial charge in [-0.15, -0.1) is 11.3 Å². The first kappa shape index (κ1) is 17.9. The molecule has 0 aliphatic carbocycles. The summed E-state index contributed by atoms with van der Waals surface area (Å²) in [6, 6.07) is 13.0. The number of fused-ring (bicyclic) bond motifs is 1. The smallest absolute Gasteiger partial charge is 0.286 e. The van der Waals surface area contributed by atoms with Crippen LogP contribution < -0.4 is 0 Å². The van der Waals surface area contributed by atoms with Crippen molar-refractivity contribution < 1.29 is 4.79 Å². The maximum Gasteiger partial charge on any atom is 0.286 e. The number of rotatable bonds is 3. The normalized spacial score (nSPS) is 21.0. The monoisotopic (exact) mass is 400 g/mol. The van der Waals surface area contributed by atoms with Crippen LogP contribution in [0.1, 0.15) is 31.2 Å². The van der Waals surface area contributed by atoms with Crippen molar-refractivity contribution in [3.63, 3.8) is 0 Å². The van der Waals surface area contributed by atoms with Crippen LogP contribution >= 0.6 is 34.9 Å². The van der Waals surface area contributed by atoms with E-state index >= 15 is 0 Å². The number of nitrogens with zero attached hydrogens (tertiary/aromatic N) is 2. The summed E-state index contributed by atoms with van der Waals surface area (Å²) in [6.07, 6.45) is 3.08. The molecule has 1 atom stereocenters. The highest BCUT2D eigenvalue weighted by Gasteiger charge is 2.34. The Hall–Kier alpha value is -1.50. The summed E-state index contributed by atoms with van der Waals surface area (Å²) in [4.78, 5) is 21.2. The SMILES string of the molecule is CC(C)N1C(=O)S/C(=C\c2ccc(SC3=Nc4ccccc4C3)s2)C1C. The molecule has 2 aliphatic heterocycles. The van der Waals surface area contributed by atoms with Crippen LogP contribution in [0.2, 0.25) is 0 Å². The standard InChI is InChI=1S/C20H20N2OS3/c1-12(2)22-13(3)17(25-20(22)23)11-15-8-9-19(24-15)26-18-10-14-6-4-5-7-16(14)21-18/h4-9,11-13H,10H2,1-3H3/b17-11-. The van der Waals surface area contributed by atoms with Gasteiger partial charge in [0.05, 0.1) is 21.0 Å². The van der Waals surface area contributed by atoms with Crippen molar-refractivity contribution >= 4 is 56.9 Å². The maximum atomic E-state index is 12.2. The minimum atomic E-state index is 0.152. The molecular weight excluding hydrogens is 380 g/mol. The number of thioether (sulfide) groups is 2. The highest BCUT2D eigenvalue weighted by molar-refractivity contribution is 8.17. The Morgan fingerprint density at radius 3 is 2.81 bits per heavy atom. The molecule has 1 aromatic heterocycles. The van der Waals surface area contributed by atoms with Crippen molar-refractivity contribution in [1.29, 1.82) is 0 Å². The maximum absolute atomic E-state index is 12.2. The van der Waals surface area contributed by atoms with Gasteiger partial charge in [0.25, 0.3) is 5.24 Å². The van der Waals surface area contributed by atoms with Crippen LogP contribution in [0.3, 0.4) is 0 Å². The zero-order valence-electron chi connectivity index (χ0n) is 14.9. The predicted octanol–water partition coefficient (Wildman–Crippen LogP) is 6.43. The van der Waals surface area contributed by atoms with Gasteiger partial charge in [-0.3, -0.25) is 4.79 Å². The van der Waals surface area contributed by atoms with Gasteiger partial charge in [0.15, 0.2) is 0 Å². The van der Waals surface area contributed by atoms with Gasteiger partial charge in [0.2, 0.25) is 0 Å². The Morgan fingerprint density at radius 2 is 2.08 bits per heavy atom. The highest BCUT2D eigenvalue weighted by Crippen LogP contribution is 2.40. The van der Waals surface area contributed by atoms with Crippen LogP contribution in [0.5, 0.6) is 0 Å². The van der Waals surface area contributed by atoms with Gasteiger partial charge in [0.1, 0.15) is 0 Å². The Kier molecular flexibility index (Phi) is 4.99. The average molecular weight is 401 g/mol. The Labute approximate surface area is 166 Å². The Balaban J connectivity index is 1.47. The molecule has 1 unspecified atom stereocenters. The fourth-order valence-corrected chi connectivity index (χ4v) is 6.63. The number of carbonyl (C=O) groups is 1. The van der Waals surface area contributed by atoms with Crippen molar-refractivity contribution in [3.8, 4) is 0 Å². The van der Waals surface area contributed by atoms with Gasteiger partial charge in [-0.05, 0) is 62.4 Å². The number of para-hydroxylation sites is 1. The largest absolute Gasteiger partial charge is 0.324 e.